The number of aromatic nitrogens is 2. The van der Waals surface area contributed by atoms with Gasteiger partial charge in [0.1, 0.15) is 0 Å². The quantitative estimate of drug-likeness (QED) is 0.780. The summed E-state index contributed by atoms with van der Waals surface area (Å²) < 4.78 is 0. The molecule has 1 aromatic carbocycles. The normalized spacial score (nSPS) is 10.9. The molecule has 0 spiro atoms. The molecule has 5 heteroatoms. The molecule has 2 heterocycles. The van der Waals surface area contributed by atoms with Gasteiger partial charge in [-0.25, -0.2) is 4.98 Å². The summed E-state index contributed by atoms with van der Waals surface area (Å²) in [5.41, 5.74) is 2.01. The molecule has 0 fully saturated rings. The maximum absolute atomic E-state index is 6.06. The predicted octanol–water partition coefficient (Wildman–Crippen LogP) is 4.31. The Kier molecular flexibility index (Phi) is 3.85. The molecule has 0 saturated heterocycles. The lowest BCUT2D eigenvalue weighted by Gasteiger charge is -2.08. The first-order valence-electron chi connectivity index (χ1n) is 6.42. The molecule has 0 saturated carbocycles. The summed E-state index contributed by atoms with van der Waals surface area (Å²) in [6.45, 7) is 2.92. The predicted molar refractivity (Wildman–Crippen MR) is 85.8 cm³/mol. The van der Waals surface area contributed by atoms with Gasteiger partial charge >= 0.3 is 0 Å². The van der Waals surface area contributed by atoms with Gasteiger partial charge in [0.25, 0.3) is 0 Å². The van der Waals surface area contributed by atoms with E-state index in [1.54, 1.807) is 11.3 Å². The molecule has 0 unspecified atom stereocenters. The van der Waals surface area contributed by atoms with Crippen molar-refractivity contribution < 1.29 is 0 Å². The standard InChI is InChI=1S/C15H14ClN3S/c1-10-9-19-15(20-10)5-7-18-14-4-6-17-13-3-2-11(16)8-12(13)14/h2-4,6,8-9H,5,7H2,1H3,(H,17,18). The van der Waals surface area contributed by atoms with E-state index in [-0.39, 0.29) is 0 Å². The van der Waals surface area contributed by atoms with E-state index in [9.17, 15) is 0 Å². The van der Waals surface area contributed by atoms with Gasteiger partial charge in [-0.15, -0.1) is 11.3 Å². The van der Waals surface area contributed by atoms with Crippen LogP contribution in [0.25, 0.3) is 10.9 Å². The number of rotatable bonds is 4. The first-order chi connectivity index (χ1) is 9.72. The van der Waals surface area contributed by atoms with Crippen LogP contribution in [0.2, 0.25) is 5.02 Å². The maximum atomic E-state index is 6.06. The van der Waals surface area contributed by atoms with Crippen molar-refractivity contribution in [3.63, 3.8) is 0 Å². The molecule has 0 atom stereocenters. The zero-order chi connectivity index (χ0) is 13.9. The molecule has 3 rings (SSSR count). The smallest absolute Gasteiger partial charge is 0.0945 e. The topological polar surface area (TPSA) is 37.8 Å². The van der Waals surface area contributed by atoms with Gasteiger partial charge in [0, 0.05) is 46.3 Å². The number of benzene rings is 1. The average Bonchev–Trinajstić information content (AvgIpc) is 2.85. The zero-order valence-corrected chi connectivity index (χ0v) is 12.6. The number of nitrogens with one attached hydrogen (secondary N) is 1. The van der Waals surface area contributed by atoms with Crippen LogP contribution in [0.1, 0.15) is 9.88 Å². The third-order valence-corrected chi connectivity index (χ3v) is 4.23. The minimum absolute atomic E-state index is 0.726. The number of hydrogen-bond acceptors (Lipinski definition) is 4. The molecule has 20 heavy (non-hydrogen) atoms. The molecular formula is C15H14ClN3S. The molecule has 3 aromatic rings. The number of hydrogen-bond donors (Lipinski definition) is 1. The van der Waals surface area contributed by atoms with E-state index in [0.29, 0.717) is 0 Å². The van der Waals surface area contributed by atoms with Crippen LogP contribution in [0.4, 0.5) is 5.69 Å². The Morgan fingerprint density at radius 1 is 1.25 bits per heavy atom. The molecule has 1 N–H and O–H groups in total. The van der Waals surface area contributed by atoms with Gasteiger partial charge < -0.3 is 5.32 Å². The molecule has 0 aliphatic rings. The highest BCUT2D eigenvalue weighted by Crippen LogP contribution is 2.24. The van der Waals surface area contributed by atoms with Gasteiger partial charge in [-0.1, -0.05) is 11.6 Å². The fraction of sp³-hybridized carbons (Fsp3) is 0.200. The first-order valence-corrected chi connectivity index (χ1v) is 7.61. The van der Waals surface area contributed by atoms with Gasteiger partial charge in [-0.05, 0) is 31.2 Å². The fourth-order valence-corrected chi connectivity index (χ4v) is 3.05. The van der Waals surface area contributed by atoms with Gasteiger partial charge in [-0.3, -0.25) is 4.98 Å². The lowest BCUT2D eigenvalue weighted by atomic mass is 10.2. The summed E-state index contributed by atoms with van der Waals surface area (Å²) in [4.78, 5) is 9.96. The Bertz CT molecular complexity index is 739. The van der Waals surface area contributed by atoms with Crippen molar-refractivity contribution >= 4 is 39.5 Å². The number of halogens is 1. The van der Waals surface area contributed by atoms with Crippen LogP contribution in [0.5, 0.6) is 0 Å². The number of pyridine rings is 1. The van der Waals surface area contributed by atoms with Crippen molar-refractivity contribution in [3.05, 3.63) is 51.6 Å². The molecule has 2 aromatic heterocycles. The van der Waals surface area contributed by atoms with Crippen LogP contribution >= 0.6 is 22.9 Å². The largest absolute Gasteiger partial charge is 0.384 e. The van der Waals surface area contributed by atoms with Gasteiger partial charge in [0.15, 0.2) is 0 Å². The molecule has 3 nitrogen and oxygen atoms in total. The number of aryl methyl sites for hydroxylation is 1. The van der Waals surface area contributed by atoms with E-state index in [2.05, 4.69) is 22.2 Å². The Balaban J connectivity index is 1.75. The van der Waals surface area contributed by atoms with Crippen LogP contribution < -0.4 is 5.32 Å². The van der Waals surface area contributed by atoms with Crippen LogP contribution in [0.15, 0.2) is 36.7 Å². The molecule has 0 aliphatic heterocycles. The number of anilines is 1. The Hall–Kier alpha value is -1.65. The van der Waals surface area contributed by atoms with Crippen LogP contribution in [-0.4, -0.2) is 16.5 Å². The Morgan fingerprint density at radius 2 is 2.15 bits per heavy atom. The highest BCUT2D eigenvalue weighted by molar-refractivity contribution is 7.11. The molecule has 0 radical (unpaired) electrons. The zero-order valence-electron chi connectivity index (χ0n) is 11.1. The lowest BCUT2D eigenvalue weighted by Crippen LogP contribution is -2.05. The second kappa shape index (κ2) is 5.77. The van der Waals surface area contributed by atoms with E-state index in [1.807, 2.05) is 36.7 Å². The summed E-state index contributed by atoms with van der Waals surface area (Å²) in [5, 5.41) is 6.38. The number of fused-ring (bicyclic) bond motifs is 1. The van der Waals surface area contributed by atoms with Crippen molar-refractivity contribution in [2.45, 2.75) is 13.3 Å². The average molecular weight is 304 g/mol. The summed E-state index contributed by atoms with van der Waals surface area (Å²) >= 11 is 7.80. The van der Waals surface area contributed by atoms with Crippen molar-refractivity contribution in [1.29, 1.82) is 0 Å². The van der Waals surface area contributed by atoms with E-state index < -0.39 is 0 Å². The molecular weight excluding hydrogens is 290 g/mol. The maximum Gasteiger partial charge on any atom is 0.0945 e. The Labute approximate surface area is 126 Å². The summed E-state index contributed by atoms with van der Waals surface area (Å²) in [6, 6.07) is 7.72. The minimum atomic E-state index is 0.726. The molecule has 102 valence electrons. The van der Waals surface area contributed by atoms with Crippen molar-refractivity contribution in [1.82, 2.24) is 9.97 Å². The SMILES string of the molecule is Cc1cnc(CCNc2ccnc3ccc(Cl)cc23)s1. The molecule has 0 aliphatic carbocycles. The van der Waals surface area contributed by atoms with E-state index >= 15 is 0 Å². The highest BCUT2D eigenvalue weighted by atomic mass is 35.5. The summed E-state index contributed by atoms with van der Waals surface area (Å²) in [5.74, 6) is 0. The van der Waals surface area contributed by atoms with Gasteiger partial charge in [0.05, 0.1) is 10.5 Å². The third-order valence-electron chi connectivity index (χ3n) is 3.03. The van der Waals surface area contributed by atoms with Crippen LogP contribution in [-0.2, 0) is 6.42 Å². The second-order valence-corrected chi connectivity index (χ2v) is 6.32. The van der Waals surface area contributed by atoms with Crippen molar-refractivity contribution in [3.8, 4) is 0 Å². The van der Waals surface area contributed by atoms with Gasteiger partial charge in [-0.2, -0.15) is 0 Å². The molecule has 0 bridgehead atoms. The first kappa shape index (κ1) is 13.3. The van der Waals surface area contributed by atoms with E-state index in [0.717, 1.165) is 39.6 Å². The monoisotopic (exact) mass is 303 g/mol. The highest BCUT2D eigenvalue weighted by Gasteiger charge is 2.03. The van der Waals surface area contributed by atoms with Crippen LogP contribution in [0.3, 0.4) is 0 Å². The fourth-order valence-electron chi connectivity index (χ4n) is 2.09. The Morgan fingerprint density at radius 3 is 2.95 bits per heavy atom. The number of nitrogens with zero attached hydrogens (tertiary/aromatic N) is 2. The lowest BCUT2D eigenvalue weighted by molar-refractivity contribution is 0.999. The summed E-state index contributed by atoms with van der Waals surface area (Å²) in [7, 11) is 0. The summed E-state index contributed by atoms with van der Waals surface area (Å²) in [6.07, 6.45) is 4.65. The third kappa shape index (κ3) is 2.92. The molecule has 0 amide bonds. The van der Waals surface area contributed by atoms with Crippen molar-refractivity contribution in [2.75, 3.05) is 11.9 Å². The van der Waals surface area contributed by atoms with Crippen molar-refractivity contribution in [2.24, 2.45) is 0 Å². The minimum Gasteiger partial charge on any atom is -0.384 e. The second-order valence-electron chi connectivity index (χ2n) is 4.56. The number of thiazole rings is 1. The van der Waals surface area contributed by atoms with E-state index in [1.165, 1.54) is 4.88 Å². The van der Waals surface area contributed by atoms with E-state index in [4.69, 9.17) is 11.6 Å². The van der Waals surface area contributed by atoms with Gasteiger partial charge in [0.2, 0.25) is 0 Å². The van der Waals surface area contributed by atoms with Crippen LogP contribution in [0, 0.1) is 6.92 Å².